The lowest BCUT2D eigenvalue weighted by Crippen LogP contribution is -2.03. The molecule has 25 heavy (non-hydrogen) atoms. The van der Waals surface area contributed by atoms with E-state index in [2.05, 4.69) is 4.98 Å². The van der Waals surface area contributed by atoms with Gasteiger partial charge in [0, 0.05) is 28.1 Å². The van der Waals surface area contributed by atoms with Gasteiger partial charge in [-0.15, -0.1) is 0 Å². The van der Waals surface area contributed by atoms with E-state index in [1.807, 2.05) is 67.6 Å². The van der Waals surface area contributed by atoms with Crippen LogP contribution in [0.5, 0.6) is 0 Å². The van der Waals surface area contributed by atoms with Gasteiger partial charge >= 0.3 is 0 Å². The molecule has 4 nitrogen and oxygen atoms in total. The molecule has 0 spiro atoms. The first kappa shape index (κ1) is 15.0. The van der Waals surface area contributed by atoms with Crippen LogP contribution in [0.4, 0.5) is 0 Å². The standard InChI is InChI=1S/C21H14N2O2/c1-13-20(17-7-3-4-8-18(17)23-13)21(24)15(12-22)11-16-10-14-6-2-5-9-19(14)25-16/h2-11,23H,1H3/b15-11+. The minimum absolute atomic E-state index is 0.0481. The number of ketones is 1. The van der Waals surface area contributed by atoms with Crippen LogP contribution in [0.2, 0.25) is 0 Å². The molecule has 0 atom stereocenters. The third-order valence-corrected chi connectivity index (χ3v) is 4.22. The molecule has 0 aliphatic rings. The number of aromatic nitrogens is 1. The molecule has 0 aliphatic carbocycles. The average molecular weight is 326 g/mol. The Hall–Kier alpha value is -3.58. The van der Waals surface area contributed by atoms with Gasteiger partial charge in [0.05, 0.1) is 5.56 Å². The first-order chi connectivity index (χ1) is 12.2. The highest BCUT2D eigenvalue weighted by Gasteiger charge is 2.20. The first-order valence-corrected chi connectivity index (χ1v) is 7.90. The van der Waals surface area contributed by atoms with Crippen molar-refractivity contribution >= 4 is 33.7 Å². The molecule has 0 fully saturated rings. The van der Waals surface area contributed by atoms with Gasteiger partial charge in [0.1, 0.15) is 23.0 Å². The quantitative estimate of drug-likeness (QED) is 0.327. The van der Waals surface area contributed by atoms with E-state index >= 15 is 0 Å². The number of nitrogens with zero attached hydrogens (tertiary/aromatic N) is 1. The highest BCUT2D eigenvalue weighted by atomic mass is 16.3. The molecular weight excluding hydrogens is 312 g/mol. The lowest BCUT2D eigenvalue weighted by molar-refractivity contribution is 0.104. The third kappa shape index (κ3) is 2.52. The number of Topliss-reactive ketones (excluding diaryl/α,β-unsaturated/α-hetero) is 1. The summed E-state index contributed by atoms with van der Waals surface area (Å²) in [6.07, 6.45) is 1.50. The first-order valence-electron chi connectivity index (χ1n) is 7.90. The van der Waals surface area contributed by atoms with E-state index in [0.29, 0.717) is 11.3 Å². The van der Waals surface area contributed by atoms with Crippen molar-refractivity contribution in [2.75, 3.05) is 0 Å². The second-order valence-corrected chi connectivity index (χ2v) is 5.86. The summed E-state index contributed by atoms with van der Waals surface area (Å²) in [5, 5.41) is 11.3. The number of aromatic amines is 1. The van der Waals surface area contributed by atoms with Crippen LogP contribution in [0.3, 0.4) is 0 Å². The zero-order valence-electron chi connectivity index (χ0n) is 13.5. The molecule has 0 unspecified atom stereocenters. The van der Waals surface area contributed by atoms with E-state index in [0.717, 1.165) is 27.6 Å². The maximum absolute atomic E-state index is 12.9. The van der Waals surface area contributed by atoms with Crippen LogP contribution in [0, 0.1) is 18.3 Å². The van der Waals surface area contributed by atoms with Crippen molar-refractivity contribution in [3.63, 3.8) is 0 Å². The van der Waals surface area contributed by atoms with Gasteiger partial charge in [-0.1, -0.05) is 36.4 Å². The highest BCUT2D eigenvalue weighted by Crippen LogP contribution is 2.26. The third-order valence-electron chi connectivity index (χ3n) is 4.22. The second kappa shape index (κ2) is 5.81. The van der Waals surface area contributed by atoms with E-state index < -0.39 is 0 Å². The number of H-pyrrole nitrogens is 1. The molecule has 0 saturated carbocycles. The minimum atomic E-state index is -0.307. The van der Waals surface area contributed by atoms with E-state index in [1.165, 1.54) is 6.08 Å². The maximum Gasteiger partial charge on any atom is 0.206 e. The Labute approximate surface area is 144 Å². The summed E-state index contributed by atoms with van der Waals surface area (Å²) in [6, 6.07) is 19.0. The number of carbonyl (C=O) groups excluding carboxylic acids is 1. The summed E-state index contributed by atoms with van der Waals surface area (Å²) in [7, 11) is 0. The molecule has 2 heterocycles. The Morgan fingerprint density at radius 1 is 1.16 bits per heavy atom. The molecule has 120 valence electrons. The minimum Gasteiger partial charge on any atom is -0.457 e. The number of carbonyl (C=O) groups is 1. The van der Waals surface area contributed by atoms with Crippen LogP contribution < -0.4 is 0 Å². The molecule has 4 rings (SSSR count). The molecule has 4 heteroatoms. The van der Waals surface area contributed by atoms with Crippen LogP contribution in [0.25, 0.3) is 27.9 Å². The smallest absolute Gasteiger partial charge is 0.206 e. The van der Waals surface area contributed by atoms with E-state index in [-0.39, 0.29) is 11.4 Å². The molecule has 0 bridgehead atoms. The SMILES string of the molecule is Cc1[nH]c2ccccc2c1C(=O)/C(C#N)=C/c1cc2ccccc2o1. The summed E-state index contributed by atoms with van der Waals surface area (Å²) in [5.74, 6) is 0.182. The fraction of sp³-hybridized carbons (Fsp3) is 0.0476. The monoisotopic (exact) mass is 326 g/mol. The van der Waals surface area contributed by atoms with Crippen LogP contribution in [0.15, 0.2) is 64.6 Å². The number of allylic oxidation sites excluding steroid dienone is 1. The molecule has 1 N–H and O–H groups in total. The van der Waals surface area contributed by atoms with Crippen LogP contribution in [0.1, 0.15) is 21.8 Å². The van der Waals surface area contributed by atoms with Gasteiger partial charge in [-0.25, -0.2) is 0 Å². The molecule has 0 saturated heterocycles. The Morgan fingerprint density at radius 3 is 2.72 bits per heavy atom. The zero-order chi connectivity index (χ0) is 17.4. The number of nitrogens with one attached hydrogen (secondary N) is 1. The number of benzene rings is 2. The number of hydrogen-bond acceptors (Lipinski definition) is 3. The topological polar surface area (TPSA) is 69.8 Å². The van der Waals surface area contributed by atoms with Gasteiger partial charge < -0.3 is 9.40 Å². The number of para-hydroxylation sites is 2. The van der Waals surface area contributed by atoms with E-state index in [9.17, 15) is 10.1 Å². The average Bonchev–Trinajstić information content (AvgIpc) is 3.18. The van der Waals surface area contributed by atoms with Crippen LogP contribution in [-0.2, 0) is 0 Å². The van der Waals surface area contributed by atoms with Gasteiger partial charge in [-0.3, -0.25) is 4.79 Å². The Balaban J connectivity index is 1.81. The van der Waals surface area contributed by atoms with Gasteiger partial charge in [0.2, 0.25) is 5.78 Å². The van der Waals surface area contributed by atoms with Crippen LogP contribution >= 0.6 is 0 Å². The second-order valence-electron chi connectivity index (χ2n) is 5.86. The van der Waals surface area contributed by atoms with Crippen molar-refractivity contribution in [3.8, 4) is 6.07 Å². The lowest BCUT2D eigenvalue weighted by Gasteiger charge is -1.99. The maximum atomic E-state index is 12.9. The number of furan rings is 1. The van der Waals surface area contributed by atoms with Crippen molar-refractivity contribution in [2.45, 2.75) is 6.92 Å². The van der Waals surface area contributed by atoms with Gasteiger partial charge in [0.25, 0.3) is 0 Å². The van der Waals surface area contributed by atoms with Gasteiger partial charge in [-0.05, 0) is 25.1 Å². The molecule has 4 aromatic rings. The summed E-state index contributed by atoms with van der Waals surface area (Å²) >= 11 is 0. The van der Waals surface area contributed by atoms with E-state index in [4.69, 9.17) is 4.42 Å². The van der Waals surface area contributed by atoms with Crippen molar-refractivity contribution in [1.82, 2.24) is 4.98 Å². The summed E-state index contributed by atoms with van der Waals surface area (Å²) < 4.78 is 5.70. The Morgan fingerprint density at radius 2 is 1.92 bits per heavy atom. The number of aryl methyl sites for hydroxylation is 1. The molecule has 0 amide bonds. The molecule has 0 radical (unpaired) electrons. The predicted molar refractivity (Wildman–Crippen MR) is 97.2 cm³/mol. The normalized spacial score (nSPS) is 11.8. The van der Waals surface area contributed by atoms with Gasteiger partial charge in [-0.2, -0.15) is 5.26 Å². The number of rotatable bonds is 3. The summed E-state index contributed by atoms with van der Waals surface area (Å²) in [5.41, 5.74) is 2.93. The fourth-order valence-electron chi connectivity index (χ4n) is 3.07. The van der Waals surface area contributed by atoms with Crippen molar-refractivity contribution in [2.24, 2.45) is 0 Å². The van der Waals surface area contributed by atoms with Crippen molar-refractivity contribution < 1.29 is 9.21 Å². The highest BCUT2D eigenvalue weighted by molar-refractivity contribution is 6.20. The Kier molecular flexibility index (Phi) is 3.48. The number of hydrogen-bond donors (Lipinski definition) is 1. The summed E-state index contributed by atoms with van der Waals surface area (Å²) in [6.45, 7) is 1.84. The van der Waals surface area contributed by atoms with Gasteiger partial charge in [0.15, 0.2) is 0 Å². The predicted octanol–water partition coefficient (Wildman–Crippen LogP) is 5.01. The fourth-order valence-corrected chi connectivity index (χ4v) is 3.07. The Bertz CT molecular complexity index is 1150. The number of nitriles is 1. The summed E-state index contributed by atoms with van der Waals surface area (Å²) in [4.78, 5) is 16.1. The number of fused-ring (bicyclic) bond motifs is 2. The lowest BCUT2D eigenvalue weighted by atomic mass is 10.0. The molecule has 2 aromatic carbocycles. The van der Waals surface area contributed by atoms with E-state index in [1.54, 1.807) is 0 Å². The molecule has 2 aromatic heterocycles. The molecular formula is C21H14N2O2. The molecule has 0 aliphatic heterocycles. The van der Waals surface area contributed by atoms with Crippen molar-refractivity contribution in [1.29, 1.82) is 5.26 Å². The largest absolute Gasteiger partial charge is 0.457 e. The van der Waals surface area contributed by atoms with Crippen LogP contribution in [-0.4, -0.2) is 10.8 Å². The van der Waals surface area contributed by atoms with Crippen molar-refractivity contribution in [3.05, 3.63) is 77.2 Å². The zero-order valence-corrected chi connectivity index (χ0v) is 13.5.